The van der Waals surface area contributed by atoms with Crippen molar-refractivity contribution in [1.29, 1.82) is 0 Å². The summed E-state index contributed by atoms with van der Waals surface area (Å²) in [5, 5.41) is 3.92. The first kappa shape index (κ1) is 23.3. The second kappa shape index (κ2) is 8.34. The topological polar surface area (TPSA) is 92.9 Å². The van der Waals surface area contributed by atoms with E-state index in [1.165, 1.54) is 18.0 Å². The van der Waals surface area contributed by atoms with Gasteiger partial charge in [-0.25, -0.2) is 33.4 Å². The fraction of sp³-hybridized carbons (Fsp3) is 0.524. The summed E-state index contributed by atoms with van der Waals surface area (Å²) < 4.78 is 66.4. The first-order valence-electron chi connectivity index (χ1n) is 11.0. The van der Waals surface area contributed by atoms with Gasteiger partial charge in [0, 0.05) is 37.5 Å². The summed E-state index contributed by atoms with van der Waals surface area (Å²) in [5.41, 5.74) is -0.799. The number of anilines is 2. The number of carbonyl (C=O) groups excluding carboxylic acids is 1. The molecule has 2 saturated heterocycles. The van der Waals surface area contributed by atoms with Crippen molar-refractivity contribution in [2.45, 2.75) is 45.3 Å². The molecular formula is C21H21F5N8O. The molecule has 5 heterocycles. The van der Waals surface area contributed by atoms with Crippen molar-refractivity contribution >= 4 is 28.7 Å². The lowest BCUT2D eigenvalue weighted by molar-refractivity contribution is -0.141. The fourth-order valence-corrected chi connectivity index (χ4v) is 4.74. The second-order valence-electron chi connectivity index (χ2n) is 8.95. The molecule has 3 aromatic rings. The third kappa shape index (κ3) is 4.48. The number of hydrogen-bond donors (Lipinski definition) is 0. The highest BCUT2D eigenvalue weighted by Gasteiger charge is 2.46. The number of aryl methyl sites for hydroxylation is 1. The van der Waals surface area contributed by atoms with Crippen LogP contribution in [-0.4, -0.2) is 61.7 Å². The average molecular weight is 496 g/mol. The molecule has 1 amide bonds. The van der Waals surface area contributed by atoms with E-state index in [1.54, 1.807) is 6.20 Å². The Balaban J connectivity index is 1.32. The highest BCUT2D eigenvalue weighted by molar-refractivity contribution is 5.95. The number of carbonyl (C=O) groups is 1. The Bertz CT molecular complexity index is 1270. The maximum absolute atomic E-state index is 13.2. The van der Waals surface area contributed by atoms with Crippen LogP contribution in [-0.2, 0) is 17.5 Å². The summed E-state index contributed by atoms with van der Waals surface area (Å²) in [5.74, 6) is 0.142. The number of hydrogen-bond acceptors (Lipinski definition) is 7. The Hall–Kier alpha value is -3.45. The molecule has 0 N–H and O–H groups in total. The minimum absolute atomic E-state index is 0.0438. The Morgan fingerprint density at radius 3 is 2.51 bits per heavy atom. The molecule has 186 valence electrons. The molecule has 0 saturated carbocycles. The molecule has 0 bridgehead atoms. The van der Waals surface area contributed by atoms with Crippen molar-refractivity contribution in [3.05, 3.63) is 30.0 Å². The van der Waals surface area contributed by atoms with Gasteiger partial charge in [-0.2, -0.15) is 18.3 Å². The van der Waals surface area contributed by atoms with Crippen LogP contribution >= 0.6 is 0 Å². The van der Waals surface area contributed by atoms with Gasteiger partial charge in [0.15, 0.2) is 5.65 Å². The molecule has 14 heteroatoms. The molecule has 9 nitrogen and oxygen atoms in total. The van der Waals surface area contributed by atoms with E-state index >= 15 is 0 Å². The number of alkyl halides is 5. The van der Waals surface area contributed by atoms with Gasteiger partial charge < -0.3 is 4.90 Å². The quantitative estimate of drug-likeness (QED) is 0.512. The zero-order valence-electron chi connectivity index (χ0n) is 18.6. The SMILES string of the molecule is Cc1nc(N2CC3(CCN(c4cnc5cnn(CC(F)F)c5n4)CC3)CC2=O)cc(C(F)(F)F)n1. The van der Waals surface area contributed by atoms with Gasteiger partial charge in [0.2, 0.25) is 5.91 Å². The third-order valence-electron chi connectivity index (χ3n) is 6.50. The standard InChI is InChI=1S/C21H21F5N8O/c1-12-29-14(21(24,25)26)6-16(30-12)33-11-20(7-18(33)35)2-4-32(5-3-20)17-9-27-13-8-28-34(10-15(22)23)19(13)31-17/h6,8-9,15H,2-5,7,10-11H2,1H3. The Morgan fingerprint density at radius 1 is 1.09 bits per heavy atom. The van der Waals surface area contributed by atoms with E-state index in [0.29, 0.717) is 37.3 Å². The first-order chi connectivity index (χ1) is 16.5. The highest BCUT2D eigenvalue weighted by atomic mass is 19.4. The van der Waals surface area contributed by atoms with Gasteiger partial charge in [-0.1, -0.05) is 0 Å². The predicted molar refractivity (Wildman–Crippen MR) is 114 cm³/mol. The summed E-state index contributed by atoms with van der Waals surface area (Å²) in [4.78, 5) is 32.3. The van der Waals surface area contributed by atoms with Crippen LogP contribution in [0.2, 0.25) is 0 Å². The Labute approximate surface area is 196 Å². The lowest BCUT2D eigenvalue weighted by atomic mass is 9.77. The molecule has 2 fully saturated rings. The van der Waals surface area contributed by atoms with Crippen LogP contribution < -0.4 is 9.80 Å². The summed E-state index contributed by atoms with van der Waals surface area (Å²) in [6, 6.07) is 0.812. The van der Waals surface area contributed by atoms with Crippen LogP contribution in [0.15, 0.2) is 18.5 Å². The highest BCUT2D eigenvalue weighted by Crippen LogP contribution is 2.43. The molecule has 0 atom stereocenters. The van der Waals surface area contributed by atoms with Crippen LogP contribution in [0.3, 0.4) is 0 Å². The molecule has 1 spiro atoms. The smallest absolute Gasteiger partial charge is 0.355 e. The lowest BCUT2D eigenvalue weighted by Crippen LogP contribution is -2.42. The number of rotatable bonds is 4. The number of fused-ring (bicyclic) bond motifs is 1. The summed E-state index contributed by atoms with van der Waals surface area (Å²) in [6.45, 7) is 2.10. The number of halogens is 5. The zero-order valence-corrected chi connectivity index (χ0v) is 18.6. The molecule has 0 aromatic carbocycles. The van der Waals surface area contributed by atoms with Crippen molar-refractivity contribution in [3.8, 4) is 0 Å². The van der Waals surface area contributed by atoms with Crippen LogP contribution in [0, 0.1) is 12.3 Å². The summed E-state index contributed by atoms with van der Waals surface area (Å²) >= 11 is 0. The van der Waals surface area contributed by atoms with Gasteiger partial charge >= 0.3 is 6.18 Å². The first-order valence-corrected chi connectivity index (χ1v) is 11.0. The van der Waals surface area contributed by atoms with E-state index in [1.807, 2.05) is 4.90 Å². The van der Waals surface area contributed by atoms with Crippen LogP contribution in [0.5, 0.6) is 0 Å². The second-order valence-corrected chi connectivity index (χ2v) is 8.95. The number of aromatic nitrogens is 6. The third-order valence-corrected chi connectivity index (χ3v) is 6.50. The summed E-state index contributed by atoms with van der Waals surface area (Å²) in [6.07, 6.45) is -2.87. The molecule has 5 rings (SSSR count). The molecule has 0 radical (unpaired) electrons. The maximum Gasteiger partial charge on any atom is 0.433 e. The van der Waals surface area contributed by atoms with Crippen molar-refractivity contribution < 1.29 is 26.7 Å². The van der Waals surface area contributed by atoms with E-state index in [9.17, 15) is 26.7 Å². The van der Waals surface area contributed by atoms with Crippen molar-refractivity contribution in [1.82, 2.24) is 29.7 Å². The van der Waals surface area contributed by atoms with Gasteiger partial charge in [-0.05, 0) is 19.8 Å². The van der Waals surface area contributed by atoms with E-state index in [2.05, 4.69) is 25.0 Å². The summed E-state index contributed by atoms with van der Waals surface area (Å²) in [7, 11) is 0. The number of amides is 1. The van der Waals surface area contributed by atoms with Gasteiger partial charge in [0.25, 0.3) is 6.43 Å². The predicted octanol–water partition coefficient (Wildman–Crippen LogP) is 3.23. The van der Waals surface area contributed by atoms with Gasteiger partial charge in [0.1, 0.15) is 35.2 Å². The molecular weight excluding hydrogens is 475 g/mol. The Morgan fingerprint density at radius 2 is 1.83 bits per heavy atom. The molecule has 3 aromatic heterocycles. The molecule has 2 aliphatic heterocycles. The monoisotopic (exact) mass is 496 g/mol. The average Bonchev–Trinajstić information content (AvgIpc) is 3.33. The van der Waals surface area contributed by atoms with Gasteiger partial charge in [-0.15, -0.1) is 0 Å². The Kier molecular flexibility index (Phi) is 5.55. The van der Waals surface area contributed by atoms with Crippen LogP contribution in [0.25, 0.3) is 11.2 Å². The van der Waals surface area contributed by atoms with Gasteiger partial charge in [0.05, 0.1) is 12.4 Å². The zero-order chi connectivity index (χ0) is 25.0. The van der Waals surface area contributed by atoms with E-state index in [-0.39, 0.29) is 36.2 Å². The number of piperidine rings is 1. The molecule has 35 heavy (non-hydrogen) atoms. The van der Waals surface area contributed by atoms with Crippen molar-refractivity contribution in [2.75, 3.05) is 29.4 Å². The van der Waals surface area contributed by atoms with Crippen molar-refractivity contribution in [3.63, 3.8) is 0 Å². The van der Waals surface area contributed by atoms with Gasteiger partial charge in [-0.3, -0.25) is 9.69 Å². The lowest BCUT2D eigenvalue weighted by Gasteiger charge is -2.39. The maximum atomic E-state index is 13.2. The van der Waals surface area contributed by atoms with Crippen molar-refractivity contribution in [2.24, 2.45) is 5.41 Å². The van der Waals surface area contributed by atoms with Crippen LogP contribution in [0.1, 0.15) is 30.8 Å². The van der Waals surface area contributed by atoms with E-state index in [0.717, 1.165) is 10.7 Å². The minimum Gasteiger partial charge on any atom is -0.355 e. The molecule has 0 aliphatic carbocycles. The van der Waals surface area contributed by atoms with E-state index in [4.69, 9.17) is 0 Å². The molecule has 2 aliphatic rings. The van der Waals surface area contributed by atoms with Crippen LogP contribution in [0.4, 0.5) is 33.6 Å². The minimum atomic E-state index is -4.64. The molecule has 0 unspecified atom stereocenters. The number of nitrogens with zero attached hydrogens (tertiary/aromatic N) is 8. The van der Waals surface area contributed by atoms with E-state index < -0.39 is 30.3 Å². The largest absolute Gasteiger partial charge is 0.433 e. The normalized spacial score (nSPS) is 18.4. The fourth-order valence-electron chi connectivity index (χ4n) is 4.74.